The molecule has 2 aromatic rings. The molecule has 7 heteroatoms. The number of hydrogen-bond donors (Lipinski definition) is 0. The number of benzene rings is 1. The van der Waals surface area contributed by atoms with Crippen molar-refractivity contribution < 1.29 is 17.9 Å². The molecule has 0 aliphatic heterocycles. The van der Waals surface area contributed by atoms with Crippen LogP contribution in [0.1, 0.15) is 57.1 Å². The van der Waals surface area contributed by atoms with Crippen LogP contribution in [-0.2, 0) is 12.6 Å². The molecule has 0 N–H and O–H groups in total. The Kier molecular flexibility index (Phi) is 8.08. The molecule has 0 atom stereocenters. The Balaban J connectivity index is 2.37. The number of aromatic nitrogens is 2. The van der Waals surface area contributed by atoms with Crippen LogP contribution in [0.25, 0.3) is 0 Å². The molecule has 0 unspecified atom stereocenters. The van der Waals surface area contributed by atoms with Crippen LogP contribution in [0.15, 0.2) is 30.5 Å². The third-order valence-corrected chi connectivity index (χ3v) is 4.46. The van der Waals surface area contributed by atoms with E-state index in [1.807, 2.05) is 31.2 Å². The molecule has 0 aliphatic carbocycles. The van der Waals surface area contributed by atoms with E-state index in [9.17, 15) is 13.2 Å². The van der Waals surface area contributed by atoms with Crippen molar-refractivity contribution in [1.29, 1.82) is 0 Å². The molecule has 0 amide bonds. The lowest BCUT2D eigenvalue weighted by molar-refractivity contribution is -0.137. The standard InChI is InChI=1S/C21H28F3N3O/c1-4-6-7-8-11-16-12-9-10-13-18(16)27(3)19-17(21(22,23)24)15-25-20(26-19)28-14-5-2/h9-10,12-13,15H,4-8,11,14H2,1-3H3. The van der Waals surface area contributed by atoms with Crippen LogP contribution in [0.4, 0.5) is 24.7 Å². The summed E-state index contributed by atoms with van der Waals surface area (Å²) in [6.45, 7) is 4.40. The minimum Gasteiger partial charge on any atom is -0.463 e. The zero-order valence-electron chi connectivity index (χ0n) is 16.7. The molecule has 1 heterocycles. The van der Waals surface area contributed by atoms with Crippen molar-refractivity contribution >= 4 is 11.5 Å². The number of para-hydroxylation sites is 1. The van der Waals surface area contributed by atoms with E-state index in [-0.39, 0.29) is 11.8 Å². The molecule has 0 saturated carbocycles. The first kappa shape index (κ1) is 22.0. The van der Waals surface area contributed by atoms with Crippen LogP contribution in [0.3, 0.4) is 0 Å². The van der Waals surface area contributed by atoms with E-state index in [1.165, 1.54) is 4.90 Å². The lowest BCUT2D eigenvalue weighted by Crippen LogP contribution is -2.20. The third-order valence-electron chi connectivity index (χ3n) is 4.46. The van der Waals surface area contributed by atoms with E-state index in [1.54, 1.807) is 7.05 Å². The highest BCUT2D eigenvalue weighted by molar-refractivity contribution is 5.66. The van der Waals surface area contributed by atoms with E-state index in [2.05, 4.69) is 16.9 Å². The van der Waals surface area contributed by atoms with Crippen LogP contribution >= 0.6 is 0 Å². The van der Waals surface area contributed by atoms with Gasteiger partial charge in [-0.2, -0.15) is 18.2 Å². The molecule has 154 valence electrons. The number of aryl methyl sites for hydroxylation is 1. The molecule has 1 aromatic carbocycles. The van der Waals surface area contributed by atoms with Gasteiger partial charge in [-0.15, -0.1) is 0 Å². The number of rotatable bonds is 10. The Morgan fingerprint density at radius 1 is 1.04 bits per heavy atom. The zero-order valence-corrected chi connectivity index (χ0v) is 16.7. The molecule has 0 radical (unpaired) electrons. The number of unbranched alkanes of at least 4 members (excludes halogenated alkanes) is 3. The summed E-state index contributed by atoms with van der Waals surface area (Å²) in [4.78, 5) is 9.29. The van der Waals surface area contributed by atoms with Gasteiger partial charge in [-0.05, 0) is 30.9 Å². The van der Waals surface area contributed by atoms with Crippen molar-refractivity contribution in [3.8, 4) is 6.01 Å². The fourth-order valence-corrected chi connectivity index (χ4v) is 2.98. The minimum absolute atomic E-state index is 0.0443. The first-order valence-electron chi connectivity index (χ1n) is 9.77. The van der Waals surface area contributed by atoms with Gasteiger partial charge < -0.3 is 9.64 Å². The van der Waals surface area contributed by atoms with Crippen molar-refractivity contribution in [2.24, 2.45) is 0 Å². The number of nitrogens with zero attached hydrogens (tertiary/aromatic N) is 3. The largest absolute Gasteiger partial charge is 0.463 e. The monoisotopic (exact) mass is 395 g/mol. The van der Waals surface area contributed by atoms with Crippen molar-refractivity contribution in [2.75, 3.05) is 18.6 Å². The molecule has 1 aromatic heterocycles. The topological polar surface area (TPSA) is 38.2 Å². The Hall–Kier alpha value is -2.31. The molecule has 28 heavy (non-hydrogen) atoms. The van der Waals surface area contributed by atoms with E-state index >= 15 is 0 Å². The van der Waals surface area contributed by atoms with Crippen LogP contribution in [0, 0.1) is 0 Å². The smallest absolute Gasteiger partial charge is 0.421 e. The number of hydrogen-bond acceptors (Lipinski definition) is 4. The summed E-state index contributed by atoms with van der Waals surface area (Å²) in [6, 6.07) is 7.47. The molecule has 0 saturated heterocycles. The lowest BCUT2D eigenvalue weighted by atomic mass is 10.0. The maximum Gasteiger partial charge on any atom is 0.421 e. The Labute approximate surface area is 164 Å². The predicted octanol–water partition coefficient (Wildman–Crippen LogP) is 6.17. The highest BCUT2D eigenvalue weighted by atomic mass is 19.4. The molecule has 4 nitrogen and oxygen atoms in total. The molecule has 0 bridgehead atoms. The first-order valence-corrected chi connectivity index (χ1v) is 9.77. The fourth-order valence-electron chi connectivity index (χ4n) is 2.98. The second-order valence-corrected chi connectivity index (χ2v) is 6.73. The molecule has 0 fully saturated rings. The Morgan fingerprint density at radius 2 is 1.79 bits per heavy atom. The van der Waals surface area contributed by atoms with Gasteiger partial charge in [-0.25, -0.2) is 4.98 Å². The van der Waals surface area contributed by atoms with Crippen LogP contribution < -0.4 is 9.64 Å². The highest BCUT2D eigenvalue weighted by Crippen LogP contribution is 2.38. The second kappa shape index (κ2) is 10.3. The van der Waals surface area contributed by atoms with Gasteiger partial charge in [-0.1, -0.05) is 51.3 Å². The highest BCUT2D eigenvalue weighted by Gasteiger charge is 2.37. The lowest BCUT2D eigenvalue weighted by Gasteiger charge is -2.25. The molecule has 0 aliphatic rings. The van der Waals surface area contributed by atoms with Crippen LogP contribution in [-0.4, -0.2) is 23.6 Å². The van der Waals surface area contributed by atoms with Gasteiger partial charge in [0.25, 0.3) is 0 Å². The SMILES string of the molecule is CCCCCCc1ccccc1N(C)c1nc(OCCC)ncc1C(F)(F)F. The van der Waals surface area contributed by atoms with Crippen molar-refractivity contribution in [3.05, 3.63) is 41.6 Å². The number of halogens is 3. The van der Waals surface area contributed by atoms with Crippen LogP contribution in [0.5, 0.6) is 6.01 Å². The summed E-state index contributed by atoms with van der Waals surface area (Å²) < 4.78 is 46.0. The van der Waals surface area contributed by atoms with Gasteiger partial charge in [0.1, 0.15) is 5.56 Å². The molecule has 0 spiro atoms. The van der Waals surface area contributed by atoms with Crippen molar-refractivity contribution in [1.82, 2.24) is 9.97 Å². The van der Waals surface area contributed by atoms with Gasteiger partial charge in [0.05, 0.1) is 6.61 Å². The van der Waals surface area contributed by atoms with Crippen molar-refractivity contribution in [3.63, 3.8) is 0 Å². The predicted molar refractivity (Wildman–Crippen MR) is 105 cm³/mol. The molecular weight excluding hydrogens is 367 g/mol. The number of ether oxygens (including phenoxy) is 1. The second-order valence-electron chi connectivity index (χ2n) is 6.73. The molecular formula is C21H28F3N3O. The Bertz CT molecular complexity index is 750. The van der Waals surface area contributed by atoms with E-state index in [0.29, 0.717) is 12.3 Å². The summed E-state index contributed by atoms with van der Waals surface area (Å²) in [5.41, 5.74) is 0.841. The summed E-state index contributed by atoms with van der Waals surface area (Å²) in [5, 5.41) is 0. The first-order chi connectivity index (χ1) is 13.4. The van der Waals surface area contributed by atoms with Gasteiger partial charge >= 0.3 is 12.2 Å². The number of anilines is 2. The van der Waals surface area contributed by atoms with Gasteiger partial charge in [0.2, 0.25) is 0 Å². The summed E-state index contributed by atoms with van der Waals surface area (Å²) in [6.07, 6.45) is 2.17. The normalized spacial score (nSPS) is 11.5. The summed E-state index contributed by atoms with van der Waals surface area (Å²) in [7, 11) is 1.60. The van der Waals surface area contributed by atoms with Crippen molar-refractivity contribution in [2.45, 2.75) is 58.5 Å². The molecule has 2 rings (SSSR count). The van der Waals surface area contributed by atoms with Gasteiger partial charge in [0, 0.05) is 18.9 Å². The van der Waals surface area contributed by atoms with Gasteiger partial charge in [0.15, 0.2) is 5.82 Å². The number of alkyl halides is 3. The maximum atomic E-state index is 13.5. The van der Waals surface area contributed by atoms with E-state index < -0.39 is 11.7 Å². The fraction of sp³-hybridized carbons (Fsp3) is 0.524. The van der Waals surface area contributed by atoms with Gasteiger partial charge in [-0.3, -0.25) is 0 Å². The van der Waals surface area contributed by atoms with E-state index in [0.717, 1.165) is 50.3 Å². The average molecular weight is 395 g/mol. The summed E-state index contributed by atoms with van der Waals surface area (Å²) in [5.74, 6) is -0.199. The Morgan fingerprint density at radius 3 is 2.46 bits per heavy atom. The quantitative estimate of drug-likeness (QED) is 0.451. The maximum absolute atomic E-state index is 13.5. The van der Waals surface area contributed by atoms with E-state index in [4.69, 9.17) is 4.74 Å². The zero-order chi connectivity index (χ0) is 20.6. The van der Waals surface area contributed by atoms with Crippen LogP contribution in [0.2, 0.25) is 0 Å². The third kappa shape index (κ3) is 5.84. The summed E-state index contributed by atoms with van der Waals surface area (Å²) >= 11 is 0. The minimum atomic E-state index is -4.55. The average Bonchev–Trinajstić information content (AvgIpc) is 2.68.